The molecule has 1 atom stereocenters. The monoisotopic (exact) mass is 306 g/mol. The third kappa shape index (κ3) is 8.06. The van der Waals surface area contributed by atoms with Crippen LogP contribution in [0.25, 0.3) is 0 Å². The molecule has 0 saturated carbocycles. The van der Waals surface area contributed by atoms with Crippen molar-refractivity contribution in [1.29, 1.82) is 0 Å². The Kier molecular flexibility index (Phi) is 9.36. The van der Waals surface area contributed by atoms with Gasteiger partial charge in [-0.25, -0.2) is 4.79 Å². The van der Waals surface area contributed by atoms with Gasteiger partial charge in [-0.1, -0.05) is 51.9 Å². The lowest BCUT2D eigenvalue weighted by molar-refractivity contribution is 0.0697. The highest BCUT2D eigenvalue weighted by molar-refractivity contribution is 5.87. The zero-order valence-corrected chi connectivity index (χ0v) is 14.0. The molecule has 0 fully saturated rings. The first-order valence-corrected chi connectivity index (χ1v) is 8.63. The van der Waals surface area contributed by atoms with Crippen molar-refractivity contribution >= 4 is 5.97 Å². The van der Waals surface area contributed by atoms with Gasteiger partial charge in [0, 0.05) is 0 Å². The molecule has 0 aliphatic carbocycles. The summed E-state index contributed by atoms with van der Waals surface area (Å²) >= 11 is 0. The highest BCUT2D eigenvalue weighted by Crippen LogP contribution is 2.17. The van der Waals surface area contributed by atoms with Crippen LogP contribution in [-0.2, 0) is 0 Å². The summed E-state index contributed by atoms with van der Waals surface area (Å²) in [6.07, 6.45) is 11.8. The molecule has 3 nitrogen and oxygen atoms in total. The van der Waals surface area contributed by atoms with Crippen molar-refractivity contribution in [3.8, 4) is 5.75 Å². The summed E-state index contributed by atoms with van der Waals surface area (Å²) in [4.78, 5) is 10.8. The predicted octanol–water partition coefficient (Wildman–Crippen LogP) is 5.68. The third-order valence-electron chi connectivity index (χ3n) is 3.90. The van der Waals surface area contributed by atoms with E-state index in [1.165, 1.54) is 51.4 Å². The molecule has 0 radical (unpaired) electrons. The van der Waals surface area contributed by atoms with Gasteiger partial charge in [0.05, 0.1) is 11.7 Å². The number of ether oxygens (including phenoxy) is 1. The smallest absolute Gasteiger partial charge is 0.335 e. The van der Waals surface area contributed by atoms with Crippen LogP contribution in [0.15, 0.2) is 24.3 Å². The van der Waals surface area contributed by atoms with Gasteiger partial charge in [0.25, 0.3) is 0 Å². The molecule has 1 aromatic carbocycles. The Morgan fingerprint density at radius 2 is 1.55 bits per heavy atom. The van der Waals surface area contributed by atoms with Crippen LogP contribution in [0.1, 0.15) is 82.0 Å². The maximum absolute atomic E-state index is 10.8. The number of carboxylic acid groups (broad SMARTS) is 1. The van der Waals surface area contributed by atoms with Gasteiger partial charge in [-0.15, -0.1) is 0 Å². The summed E-state index contributed by atoms with van der Waals surface area (Å²) in [5.74, 6) is -0.157. The Balaban J connectivity index is 2.10. The highest BCUT2D eigenvalue weighted by atomic mass is 16.5. The van der Waals surface area contributed by atoms with Crippen LogP contribution >= 0.6 is 0 Å². The van der Waals surface area contributed by atoms with Gasteiger partial charge in [0.15, 0.2) is 0 Å². The van der Waals surface area contributed by atoms with Crippen LogP contribution in [0.3, 0.4) is 0 Å². The normalized spacial score (nSPS) is 12.1. The molecule has 3 heteroatoms. The quantitative estimate of drug-likeness (QED) is 0.505. The van der Waals surface area contributed by atoms with Gasteiger partial charge in [-0.3, -0.25) is 0 Å². The fourth-order valence-electron chi connectivity index (χ4n) is 2.53. The van der Waals surface area contributed by atoms with Crippen molar-refractivity contribution in [2.24, 2.45) is 0 Å². The van der Waals surface area contributed by atoms with E-state index >= 15 is 0 Å². The average Bonchev–Trinajstić information content (AvgIpc) is 2.50. The van der Waals surface area contributed by atoms with E-state index in [0.717, 1.165) is 12.2 Å². The van der Waals surface area contributed by atoms with Gasteiger partial charge in [0.2, 0.25) is 0 Å². The van der Waals surface area contributed by atoms with E-state index in [9.17, 15) is 4.79 Å². The van der Waals surface area contributed by atoms with Crippen molar-refractivity contribution in [1.82, 2.24) is 0 Å². The molecule has 124 valence electrons. The topological polar surface area (TPSA) is 46.5 Å². The Morgan fingerprint density at radius 3 is 2.09 bits per heavy atom. The van der Waals surface area contributed by atoms with E-state index in [-0.39, 0.29) is 6.10 Å². The SMILES string of the molecule is CCCCCCCCCCC(C)Oc1ccc(C(=O)O)cc1. The van der Waals surface area contributed by atoms with Gasteiger partial charge in [-0.2, -0.15) is 0 Å². The molecule has 1 unspecified atom stereocenters. The van der Waals surface area contributed by atoms with Crippen LogP contribution in [0.4, 0.5) is 0 Å². The summed E-state index contributed by atoms with van der Waals surface area (Å²) in [6.45, 7) is 4.32. The minimum Gasteiger partial charge on any atom is -0.491 e. The van der Waals surface area contributed by atoms with E-state index in [0.29, 0.717) is 5.56 Å². The van der Waals surface area contributed by atoms with E-state index in [1.807, 2.05) is 0 Å². The summed E-state index contributed by atoms with van der Waals surface area (Å²) in [5.41, 5.74) is 0.295. The van der Waals surface area contributed by atoms with Crippen molar-refractivity contribution < 1.29 is 14.6 Å². The number of hydrogen-bond acceptors (Lipinski definition) is 2. The molecule has 0 aromatic heterocycles. The van der Waals surface area contributed by atoms with Crippen molar-refractivity contribution in [2.45, 2.75) is 77.7 Å². The van der Waals surface area contributed by atoms with Crippen LogP contribution in [0.2, 0.25) is 0 Å². The second-order valence-corrected chi connectivity index (χ2v) is 6.02. The second-order valence-electron chi connectivity index (χ2n) is 6.02. The lowest BCUT2D eigenvalue weighted by atomic mass is 10.1. The van der Waals surface area contributed by atoms with E-state index in [2.05, 4.69) is 13.8 Å². The van der Waals surface area contributed by atoms with Gasteiger partial charge < -0.3 is 9.84 Å². The summed E-state index contributed by atoms with van der Waals surface area (Å²) in [5, 5.41) is 8.85. The standard InChI is InChI=1S/C19H30O3/c1-3-4-5-6-7-8-9-10-11-16(2)22-18-14-12-17(13-15-18)19(20)21/h12-16H,3-11H2,1-2H3,(H,20,21). The zero-order valence-electron chi connectivity index (χ0n) is 14.0. The first-order valence-electron chi connectivity index (χ1n) is 8.63. The molecule has 0 saturated heterocycles. The molecule has 0 aliphatic heterocycles. The fraction of sp³-hybridized carbons (Fsp3) is 0.632. The Morgan fingerprint density at radius 1 is 1.00 bits per heavy atom. The highest BCUT2D eigenvalue weighted by Gasteiger charge is 2.06. The molecule has 22 heavy (non-hydrogen) atoms. The molecule has 0 heterocycles. The fourth-order valence-corrected chi connectivity index (χ4v) is 2.53. The molecule has 0 bridgehead atoms. The lowest BCUT2D eigenvalue weighted by Gasteiger charge is -2.14. The second kappa shape index (κ2) is 11.1. The number of benzene rings is 1. The van der Waals surface area contributed by atoms with Crippen LogP contribution in [-0.4, -0.2) is 17.2 Å². The Bertz CT molecular complexity index is 411. The van der Waals surface area contributed by atoms with E-state index in [4.69, 9.17) is 9.84 Å². The molecule has 1 aromatic rings. The number of hydrogen-bond donors (Lipinski definition) is 1. The first-order chi connectivity index (χ1) is 10.6. The zero-order chi connectivity index (χ0) is 16.2. The van der Waals surface area contributed by atoms with Crippen LogP contribution < -0.4 is 4.74 Å². The van der Waals surface area contributed by atoms with Gasteiger partial charge in [0.1, 0.15) is 5.75 Å². The van der Waals surface area contributed by atoms with Gasteiger partial charge >= 0.3 is 5.97 Å². The Hall–Kier alpha value is -1.51. The maximum atomic E-state index is 10.8. The average molecular weight is 306 g/mol. The lowest BCUT2D eigenvalue weighted by Crippen LogP contribution is -2.11. The molecule has 1 rings (SSSR count). The maximum Gasteiger partial charge on any atom is 0.335 e. The number of aromatic carboxylic acids is 1. The van der Waals surface area contributed by atoms with Crippen molar-refractivity contribution in [3.63, 3.8) is 0 Å². The van der Waals surface area contributed by atoms with Gasteiger partial charge in [-0.05, 0) is 44.0 Å². The number of carbonyl (C=O) groups is 1. The molecule has 0 amide bonds. The predicted molar refractivity (Wildman–Crippen MR) is 90.7 cm³/mol. The Labute approximate surface area is 134 Å². The van der Waals surface area contributed by atoms with E-state index < -0.39 is 5.97 Å². The number of rotatable bonds is 12. The number of unbranched alkanes of at least 4 members (excludes halogenated alkanes) is 7. The van der Waals surface area contributed by atoms with Crippen molar-refractivity contribution in [3.05, 3.63) is 29.8 Å². The summed E-state index contributed by atoms with van der Waals surface area (Å²) in [7, 11) is 0. The molecule has 1 N–H and O–H groups in total. The molecule has 0 aliphatic rings. The molecular weight excluding hydrogens is 276 g/mol. The minimum atomic E-state index is -0.904. The first kappa shape index (κ1) is 18.5. The van der Waals surface area contributed by atoms with Crippen LogP contribution in [0, 0.1) is 0 Å². The van der Waals surface area contributed by atoms with E-state index in [1.54, 1.807) is 24.3 Å². The molecular formula is C19H30O3. The summed E-state index contributed by atoms with van der Waals surface area (Å²) < 4.78 is 5.82. The third-order valence-corrected chi connectivity index (χ3v) is 3.90. The number of carboxylic acids is 1. The summed E-state index contributed by atoms with van der Waals surface area (Å²) in [6, 6.07) is 6.63. The minimum absolute atomic E-state index is 0.177. The molecule has 0 spiro atoms. The van der Waals surface area contributed by atoms with Crippen LogP contribution in [0.5, 0.6) is 5.75 Å². The largest absolute Gasteiger partial charge is 0.491 e. The van der Waals surface area contributed by atoms with Crippen molar-refractivity contribution in [2.75, 3.05) is 0 Å².